The maximum atomic E-state index is 4.12. The van der Waals surface area contributed by atoms with E-state index >= 15 is 0 Å². The summed E-state index contributed by atoms with van der Waals surface area (Å²) in [7, 11) is 0. The first-order valence-electron chi connectivity index (χ1n) is 6.89. The summed E-state index contributed by atoms with van der Waals surface area (Å²) in [6.07, 6.45) is 12.2. The molecule has 2 heteroatoms. The van der Waals surface area contributed by atoms with Crippen LogP contribution in [0.2, 0.25) is 0 Å². The van der Waals surface area contributed by atoms with E-state index in [0.29, 0.717) is 0 Å². The Morgan fingerprint density at radius 1 is 1.50 bits per heavy atom. The van der Waals surface area contributed by atoms with Gasteiger partial charge in [-0.25, -0.2) is 0 Å². The predicted molar refractivity (Wildman–Crippen MR) is 81.0 cm³/mol. The van der Waals surface area contributed by atoms with Gasteiger partial charge in [0.1, 0.15) is 0 Å². The van der Waals surface area contributed by atoms with Crippen LogP contribution >= 0.6 is 0 Å². The van der Waals surface area contributed by atoms with Gasteiger partial charge >= 0.3 is 0 Å². The van der Waals surface area contributed by atoms with E-state index in [4.69, 9.17) is 0 Å². The van der Waals surface area contributed by atoms with Crippen molar-refractivity contribution in [3.05, 3.63) is 36.6 Å². The largest absolute Gasteiger partial charge is 0.296 e. The Bertz CT molecular complexity index is 337. The van der Waals surface area contributed by atoms with Gasteiger partial charge in [0.2, 0.25) is 0 Å². The summed E-state index contributed by atoms with van der Waals surface area (Å²) >= 11 is 0. The van der Waals surface area contributed by atoms with Crippen LogP contribution in [0.5, 0.6) is 0 Å². The molecule has 0 saturated carbocycles. The average Bonchev–Trinajstić information content (AvgIpc) is 2.81. The van der Waals surface area contributed by atoms with Crippen molar-refractivity contribution in [3.8, 4) is 0 Å². The van der Waals surface area contributed by atoms with Crippen molar-refractivity contribution in [2.75, 3.05) is 13.1 Å². The molecule has 1 atom stereocenters. The molecule has 100 valence electrons. The van der Waals surface area contributed by atoms with Gasteiger partial charge in [0.25, 0.3) is 0 Å². The van der Waals surface area contributed by atoms with Gasteiger partial charge in [0.15, 0.2) is 0 Å². The molecule has 0 N–H and O–H groups in total. The van der Waals surface area contributed by atoms with Gasteiger partial charge in [0.05, 0.1) is 0 Å². The Morgan fingerprint density at radius 2 is 2.28 bits per heavy atom. The molecule has 0 aliphatic carbocycles. The van der Waals surface area contributed by atoms with E-state index in [1.54, 1.807) is 12.3 Å². The minimum atomic E-state index is 0.741. The van der Waals surface area contributed by atoms with Crippen molar-refractivity contribution in [2.45, 2.75) is 39.7 Å². The lowest BCUT2D eigenvalue weighted by Gasteiger charge is -2.27. The van der Waals surface area contributed by atoms with Gasteiger partial charge in [-0.3, -0.25) is 9.89 Å². The van der Waals surface area contributed by atoms with Crippen molar-refractivity contribution in [3.63, 3.8) is 0 Å². The summed E-state index contributed by atoms with van der Waals surface area (Å²) in [5.74, 6) is 0.744. The lowest BCUT2D eigenvalue weighted by atomic mass is 10.0. The van der Waals surface area contributed by atoms with E-state index in [9.17, 15) is 0 Å². The van der Waals surface area contributed by atoms with Crippen molar-refractivity contribution < 1.29 is 0 Å². The second kappa shape index (κ2) is 8.04. The SMILES string of the molecule is C=CC=N/C=C\C(=C/C)CN1CCCC1C(C)C. The molecule has 1 heterocycles. The molecule has 1 fully saturated rings. The van der Waals surface area contributed by atoms with Crippen LogP contribution in [0.3, 0.4) is 0 Å². The zero-order valence-corrected chi connectivity index (χ0v) is 12.0. The Labute approximate surface area is 112 Å². The smallest absolute Gasteiger partial charge is 0.0270 e. The third-order valence-corrected chi connectivity index (χ3v) is 3.51. The van der Waals surface area contributed by atoms with E-state index in [1.807, 2.05) is 6.20 Å². The van der Waals surface area contributed by atoms with Crippen LogP contribution in [0, 0.1) is 5.92 Å². The van der Waals surface area contributed by atoms with Crippen LogP contribution in [0.15, 0.2) is 41.6 Å². The third-order valence-electron chi connectivity index (χ3n) is 3.51. The number of allylic oxidation sites excluding steroid dienone is 2. The maximum Gasteiger partial charge on any atom is 0.0270 e. The fraction of sp³-hybridized carbons (Fsp3) is 0.562. The van der Waals surface area contributed by atoms with E-state index < -0.39 is 0 Å². The van der Waals surface area contributed by atoms with Crippen molar-refractivity contribution in [1.82, 2.24) is 4.90 Å². The van der Waals surface area contributed by atoms with E-state index in [0.717, 1.165) is 18.5 Å². The summed E-state index contributed by atoms with van der Waals surface area (Å²) in [5.41, 5.74) is 1.34. The average molecular weight is 246 g/mol. The lowest BCUT2D eigenvalue weighted by molar-refractivity contribution is 0.224. The standard InChI is InChI=1S/C16H26N2/c1-5-10-17-11-9-15(6-2)13-18-12-7-8-16(18)14(3)4/h5-6,9-11,14,16H,1,7-8,12-13H2,2-4H3/b11-9-,15-6+,17-10?. The predicted octanol–water partition coefficient (Wildman–Crippen LogP) is 3.82. The molecular formula is C16H26N2. The number of hydrogen-bond acceptors (Lipinski definition) is 2. The first-order chi connectivity index (χ1) is 8.69. The number of likely N-dealkylation sites (tertiary alicyclic amines) is 1. The topological polar surface area (TPSA) is 15.6 Å². The highest BCUT2D eigenvalue weighted by atomic mass is 15.2. The number of hydrogen-bond donors (Lipinski definition) is 0. The van der Waals surface area contributed by atoms with Gasteiger partial charge in [0, 0.05) is 25.0 Å². The minimum absolute atomic E-state index is 0.741. The Balaban J connectivity index is 2.55. The molecule has 0 radical (unpaired) electrons. The Kier molecular flexibility index (Phi) is 6.66. The molecule has 0 aromatic heterocycles. The highest BCUT2D eigenvalue weighted by molar-refractivity contribution is 5.70. The van der Waals surface area contributed by atoms with Gasteiger partial charge in [-0.2, -0.15) is 0 Å². The second-order valence-corrected chi connectivity index (χ2v) is 5.14. The highest BCUT2D eigenvalue weighted by Crippen LogP contribution is 2.24. The van der Waals surface area contributed by atoms with Crippen LogP contribution in [0.25, 0.3) is 0 Å². The molecule has 0 amide bonds. The molecule has 1 saturated heterocycles. The summed E-state index contributed by atoms with van der Waals surface area (Å²) in [6, 6.07) is 0.741. The molecule has 1 aliphatic heterocycles. The summed E-state index contributed by atoms with van der Waals surface area (Å²) < 4.78 is 0. The van der Waals surface area contributed by atoms with Crippen LogP contribution in [-0.2, 0) is 0 Å². The quantitative estimate of drug-likeness (QED) is 0.514. The summed E-state index contributed by atoms with van der Waals surface area (Å²) in [5, 5.41) is 0. The van der Waals surface area contributed by atoms with Crippen LogP contribution in [-0.4, -0.2) is 30.2 Å². The van der Waals surface area contributed by atoms with E-state index in [-0.39, 0.29) is 0 Å². The summed E-state index contributed by atoms with van der Waals surface area (Å²) in [6.45, 7) is 12.6. The first-order valence-corrected chi connectivity index (χ1v) is 6.89. The number of rotatable bonds is 6. The van der Waals surface area contributed by atoms with Gasteiger partial charge in [-0.15, -0.1) is 0 Å². The monoisotopic (exact) mass is 246 g/mol. The fourth-order valence-corrected chi connectivity index (χ4v) is 2.53. The number of aliphatic imine (C=N–C) groups is 1. The highest BCUT2D eigenvalue weighted by Gasteiger charge is 2.26. The maximum absolute atomic E-state index is 4.12. The molecule has 18 heavy (non-hydrogen) atoms. The summed E-state index contributed by atoms with van der Waals surface area (Å²) in [4.78, 5) is 6.72. The van der Waals surface area contributed by atoms with E-state index in [2.05, 4.69) is 49.4 Å². The van der Waals surface area contributed by atoms with E-state index in [1.165, 1.54) is 25.0 Å². The lowest BCUT2D eigenvalue weighted by Crippen LogP contribution is -2.34. The van der Waals surface area contributed by atoms with Crippen LogP contribution in [0.1, 0.15) is 33.6 Å². The second-order valence-electron chi connectivity index (χ2n) is 5.14. The molecule has 0 bridgehead atoms. The molecular weight excluding hydrogens is 220 g/mol. The van der Waals surface area contributed by atoms with Crippen molar-refractivity contribution in [2.24, 2.45) is 10.9 Å². The third kappa shape index (κ3) is 4.61. The van der Waals surface area contributed by atoms with Crippen molar-refractivity contribution in [1.29, 1.82) is 0 Å². The molecule has 1 rings (SSSR count). The zero-order valence-electron chi connectivity index (χ0n) is 12.0. The molecule has 1 unspecified atom stereocenters. The molecule has 0 spiro atoms. The molecule has 1 aliphatic rings. The molecule has 0 aromatic carbocycles. The van der Waals surface area contributed by atoms with Crippen LogP contribution < -0.4 is 0 Å². The first kappa shape index (κ1) is 14.9. The Morgan fingerprint density at radius 3 is 2.89 bits per heavy atom. The fourth-order valence-electron chi connectivity index (χ4n) is 2.53. The van der Waals surface area contributed by atoms with Crippen molar-refractivity contribution >= 4 is 6.21 Å². The zero-order chi connectivity index (χ0) is 13.4. The number of nitrogens with zero attached hydrogens (tertiary/aromatic N) is 2. The van der Waals surface area contributed by atoms with Gasteiger partial charge in [-0.1, -0.05) is 32.6 Å². The normalized spacial score (nSPS) is 22.7. The van der Waals surface area contributed by atoms with Gasteiger partial charge < -0.3 is 0 Å². The molecule has 2 nitrogen and oxygen atoms in total. The Hall–Kier alpha value is -1.15. The van der Waals surface area contributed by atoms with Crippen LogP contribution in [0.4, 0.5) is 0 Å². The van der Waals surface area contributed by atoms with Gasteiger partial charge in [-0.05, 0) is 43.9 Å². The molecule has 0 aromatic rings. The minimum Gasteiger partial charge on any atom is -0.296 e.